The van der Waals surface area contributed by atoms with Gasteiger partial charge in [-0.25, -0.2) is 0 Å². The highest BCUT2D eigenvalue weighted by Gasteiger charge is 2.20. The van der Waals surface area contributed by atoms with Gasteiger partial charge in [0.2, 0.25) is 0 Å². The quantitative estimate of drug-likeness (QED) is 0.415. The molecule has 0 saturated heterocycles. The zero-order chi connectivity index (χ0) is 14.3. The van der Waals surface area contributed by atoms with Gasteiger partial charge in [-0.3, -0.25) is 5.41 Å². The molecule has 0 aromatic heterocycles. The van der Waals surface area contributed by atoms with Crippen molar-refractivity contribution in [2.24, 2.45) is 11.1 Å². The lowest BCUT2D eigenvalue weighted by Gasteiger charge is -2.22. The van der Waals surface area contributed by atoms with Crippen LogP contribution < -0.4 is 5.73 Å². The first kappa shape index (κ1) is 16.4. The van der Waals surface area contributed by atoms with Crippen LogP contribution in [0.4, 0.5) is 0 Å². The van der Waals surface area contributed by atoms with E-state index in [1.54, 1.807) is 0 Å². The normalized spacial score (nSPS) is 11.5. The van der Waals surface area contributed by atoms with E-state index >= 15 is 0 Å². The molecule has 0 aliphatic heterocycles. The second-order valence-corrected chi connectivity index (χ2v) is 6.98. The second-order valence-electron chi connectivity index (χ2n) is 5.43. The fraction of sp³-hybridized carbons (Fsp3) is 0.533. The standard InChI is InChI=1S/C15H23ClN2S/c1-15(2,14(17)18)9-3-4-10-19-11-12-5-7-13(16)8-6-12/h5-8H,3-4,9-11H2,1-2H3,(H3,17,18). The Morgan fingerprint density at radius 1 is 1.26 bits per heavy atom. The summed E-state index contributed by atoms with van der Waals surface area (Å²) in [7, 11) is 0. The number of benzene rings is 1. The molecule has 0 saturated carbocycles. The number of unbranched alkanes of at least 4 members (excludes halogenated alkanes) is 1. The first-order valence-corrected chi connectivity index (χ1v) is 8.12. The highest BCUT2D eigenvalue weighted by Crippen LogP contribution is 2.24. The van der Waals surface area contributed by atoms with Crippen LogP contribution in [0.2, 0.25) is 5.02 Å². The minimum atomic E-state index is -0.152. The summed E-state index contributed by atoms with van der Waals surface area (Å²) in [5.41, 5.74) is 6.73. The number of hydrogen-bond acceptors (Lipinski definition) is 2. The topological polar surface area (TPSA) is 49.9 Å². The third-order valence-corrected chi connectivity index (χ3v) is 4.62. The van der Waals surface area contributed by atoms with Gasteiger partial charge in [0.05, 0.1) is 5.84 Å². The molecule has 3 N–H and O–H groups in total. The lowest BCUT2D eigenvalue weighted by atomic mass is 9.86. The molecule has 1 aromatic rings. The van der Waals surface area contributed by atoms with Crippen molar-refractivity contribution in [1.82, 2.24) is 0 Å². The van der Waals surface area contributed by atoms with E-state index in [-0.39, 0.29) is 5.41 Å². The van der Waals surface area contributed by atoms with Crippen molar-refractivity contribution < 1.29 is 0 Å². The molecule has 0 aliphatic rings. The highest BCUT2D eigenvalue weighted by molar-refractivity contribution is 7.98. The van der Waals surface area contributed by atoms with Crippen LogP contribution in [0.15, 0.2) is 24.3 Å². The van der Waals surface area contributed by atoms with Gasteiger partial charge in [0.15, 0.2) is 0 Å². The average Bonchev–Trinajstić information content (AvgIpc) is 2.35. The van der Waals surface area contributed by atoms with Gasteiger partial charge in [0, 0.05) is 16.2 Å². The van der Waals surface area contributed by atoms with Crippen LogP contribution in [0.25, 0.3) is 0 Å². The molecule has 0 aliphatic carbocycles. The minimum Gasteiger partial charge on any atom is -0.387 e. The van der Waals surface area contributed by atoms with Crippen LogP contribution in [-0.4, -0.2) is 11.6 Å². The first-order valence-electron chi connectivity index (χ1n) is 6.58. The molecule has 0 bridgehead atoms. The molecular weight excluding hydrogens is 276 g/mol. The Balaban J connectivity index is 2.12. The molecule has 0 spiro atoms. The molecular formula is C15H23ClN2S. The summed E-state index contributed by atoms with van der Waals surface area (Å²) < 4.78 is 0. The van der Waals surface area contributed by atoms with Gasteiger partial charge in [-0.1, -0.05) is 44.0 Å². The van der Waals surface area contributed by atoms with E-state index in [0.717, 1.165) is 29.4 Å². The lowest BCUT2D eigenvalue weighted by Crippen LogP contribution is -2.30. The summed E-state index contributed by atoms with van der Waals surface area (Å²) in [5, 5.41) is 8.30. The summed E-state index contributed by atoms with van der Waals surface area (Å²) in [6.07, 6.45) is 3.29. The van der Waals surface area contributed by atoms with Gasteiger partial charge in [-0.05, 0) is 36.3 Å². The number of nitrogens with one attached hydrogen (secondary N) is 1. The van der Waals surface area contributed by atoms with Crippen LogP contribution >= 0.6 is 23.4 Å². The molecule has 19 heavy (non-hydrogen) atoms. The molecule has 0 heterocycles. The number of halogens is 1. The molecule has 0 fully saturated rings. The Labute approximate surface area is 125 Å². The molecule has 1 aromatic carbocycles. The summed E-state index contributed by atoms with van der Waals surface area (Å²) in [6.45, 7) is 4.08. The summed E-state index contributed by atoms with van der Waals surface area (Å²) >= 11 is 7.79. The van der Waals surface area contributed by atoms with E-state index in [4.69, 9.17) is 22.7 Å². The largest absolute Gasteiger partial charge is 0.387 e. The Hall–Kier alpha value is -0.670. The average molecular weight is 299 g/mol. The van der Waals surface area contributed by atoms with Crippen LogP contribution in [0, 0.1) is 10.8 Å². The van der Waals surface area contributed by atoms with Crippen LogP contribution in [0.1, 0.15) is 38.7 Å². The fourth-order valence-corrected chi connectivity index (χ4v) is 2.78. The molecule has 0 atom stereocenters. The number of nitrogens with two attached hydrogens (primary N) is 1. The van der Waals surface area contributed by atoms with E-state index in [1.807, 2.05) is 37.7 Å². The van der Waals surface area contributed by atoms with Crippen LogP contribution in [0.3, 0.4) is 0 Å². The molecule has 4 heteroatoms. The van der Waals surface area contributed by atoms with Gasteiger partial charge < -0.3 is 5.73 Å². The zero-order valence-electron chi connectivity index (χ0n) is 11.7. The van der Waals surface area contributed by atoms with Crippen molar-refractivity contribution in [3.63, 3.8) is 0 Å². The first-order chi connectivity index (χ1) is 8.92. The SMILES string of the molecule is CC(C)(CCCCSCc1ccc(Cl)cc1)C(=N)N. The molecule has 1 rings (SSSR count). The molecule has 2 nitrogen and oxygen atoms in total. The van der Waals surface area contributed by atoms with E-state index in [1.165, 1.54) is 12.0 Å². The maximum Gasteiger partial charge on any atom is 0.0963 e. The van der Waals surface area contributed by atoms with Gasteiger partial charge >= 0.3 is 0 Å². The number of hydrogen-bond donors (Lipinski definition) is 2. The van der Waals surface area contributed by atoms with Gasteiger partial charge in [-0.2, -0.15) is 11.8 Å². The van der Waals surface area contributed by atoms with Gasteiger partial charge in [0.1, 0.15) is 0 Å². The van der Waals surface area contributed by atoms with Gasteiger partial charge in [0.25, 0.3) is 0 Å². The summed E-state index contributed by atoms with van der Waals surface area (Å²) in [5.74, 6) is 2.48. The molecule has 106 valence electrons. The Morgan fingerprint density at radius 2 is 1.89 bits per heavy atom. The predicted molar refractivity (Wildman–Crippen MR) is 87.2 cm³/mol. The highest BCUT2D eigenvalue weighted by atomic mass is 35.5. The van der Waals surface area contributed by atoms with Crippen molar-refractivity contribution in [1.29, 1.82) is 5.41 Å². The maximum absolute atomic E-state index is 7.51. The third-order valence-electron chi connectivity index (χ3n) is 3.25. The monoisotopic (exact) mass is 298 g/mol. The van der Waals surface area contributed by atoms with Crippen molar-refractivity contribution in [2.75, 3.05) is 5.75 Å². The number of rotatable bonds is 8. The molecule has 0 unspecified atom stereocenters. The van der Waals surface area contributed by atoms with Crippen molar-refractivity contribution in [3.05, 3.63) is 34.9 Å². The van der Waals surface area contributed by atoms with Crippen LogP contribution in [0.5, 0.6) is 0 Å². The zero-order valence-corrected chi connectivity index (χ0v) is 13.3. The van der Waals surface area contributed by atoms with Crippen LogP contribution in [-0.2, 0) is 5.75 Å². The summed E-state index contributed by atoms with van der Waals surface area (Å²) in [6, 6.07) is 8.03. The second kappa shape index (κ2) is 7.81. The summed E-state index contributed by atoms with van der Waals surface area (Å²) in [4.78, 5) is 0. The maximum atomic E-state index is 7.51. The van der Waals surface area contributed by atoms with Crippen molar-refractivity contribution in [2.45, 2.75) is 38.9 Å². The Morgan fingerprint density at radius 3 is 2.47 bits per heavy atom. The van der Waals surface area contributed by atoms with E-state index < -0.39 is 0 Å². The molecule has 0 amide bonds. The lowest BCUT2D eigenvalue weighted by molar-refractivity contribution is 0.448. The van der Waals surface area contributed by atoms with Crippen molar-refractivity contribution >= 4 is 29.2 Å². The van der Waals surface area contributed by atoms with Gasteiger partial charge in [-0.15, -0.1) is 0 Å². The van der Waals surface area contributed by atoms with E-state index in [9.17, 15) is 0 Å². The number of thioether (sulfide) groups is 1. The van der Waals surface area contributed by atoms with Crippen molar-refractivity contribution in [3.8, 4) is 0 Å². The van der Waals surface area contributed by atoms with E-state index in [0.29, 0.717) is 5.84 Å². The third kappa shape index (κ3) is 6.35. The smallest absolute Gasteiger partial charge is 0.0963 e. The van der Waals surface area contributed by atoms with E-state index in [2.05, 4.69) is 12.1 Å². The minimum absolute atomic E-state index is 0.152. The predicted octanol–water partition coefficient (Wildman–Crippen LogP) is 4.71. The Bertz CT molecular complexity index is 401. The fourth-order valence-electron chi connectivity index (χ4n) is 1.68. The number of amidine groups is 1. The Kier molecular flexibility index (Phi) is 6.73. The molecule has 0 radical (unpaired) electrons.